The highest BCUT2D eigenvalue weighted by Crippen LogP contribution is 2.32. The molecule has 0 atom stereocenters. The largest absolute Gasteiger partial charge is 0.486 e. The van der Waals surface area contributed by atoms with Crippen molar-refractivity contribution < 1.29 is 14.3 Å². The van der Waals surface area contributed by atoms with E-state index in [9.17, 15) is 4.79 Å². The molecule has 1 aromatic carbocycles. The molecule has 0 radical (unpaired) electrons. The molecule has 0 fully saturated rings. The van der Waals surface area contributed by atoms with E-state index in [0.29, 0.717) is 42.6 Å². The molecule has 2 aliphatic heterocycles. The molecule has 1 amide bonds. The van der Waals surface area contributed by atoms with Crippen molar-refractivity contribution in [3.8, 4) is 17.2 Å². The lowest BCUT2D eigenvalue weighted by Gasteiger charge is -2.18. The Morgan fingerprint density at radius 1 is 1.31 bits per heavy atom. The fourth-order valence-corrected chi connectivity index (χ4v) is 3.06. The SMILES string of the molecule is Cc1c(C(=O)NCC2=CCNCC2)nnn1-c1ccc2c(c1)OCCO2. The number of carbonyl (C=O) groups excluding carboxylic acids is 1. The summed E-state index contributed by atoms with van der Waals surface area (Å²) in [4.78, 5) is 12.5. The van der Waals surface area contributed by atoms with Crippen molar-refractivity contribution in [2.24, 2.45) is 0 Å². The average molecular weight is 355 g/mol. The number of rotatable bonds is 4. The normalized spacial score (nSPS) is 16.1. The number of amides is 1. The maximum absolute atomic E-state index is 12.5. The van der Waals surface area contributed by atoms with Crippen LogP contribution < -0.4 is 20.1 Å². The first-order valence-electron chi connectivity index (χ1n) is 8.71. The predicted octanol–water partition coefficient (Wildman–Crippen LogP) is 0.996. The van der Waals surface area contributed by atoms with Gasteiger partial charge in [0.05, 0.1) is 11.4 Å². The van der Waals surface area contributed by atoms with Crippen LogP contribution in [0.15, 0.2) is 29.8 Å². The Hall–Kier alpha value is -2.87. The van der Waals surface area contributed by atoms with Crippen LogP contribution in [0.2, 0.25) is 0 Å². The van der Waals surface area contributed by atoms with E-state index in [4.69, 9.17) is 9.47 Å². The van der Waals surface area contributed by atoms with Crippen molar-refractivity contribution in [1.29, 1.82) is 0 Å². The monoisotopic (exact) mass is 355 g/mol. The lowest BCUT2D eigenvalue weighted by atomic mass is 10.1. The Kier molecular flexibility index (Phi) is 4.57. The van der Waals surface area contributed by atoms with Crippen LogP contribution in [-0.2, 0) is 0 Å². The van der Waals surface area contributed by atoms with E-state index in [1.54, 1.807) is 4.68 Å². The summed E-state index contributed by atoms with van der Waals surface area (Å²) in [6.45, 7) is 5.23. The highest BCUT2D eigenvalue weighted by Gasteiger charge is 2.19. The van der Waals surface area contributed by atoms with E-state index in [1.165, 1.54) is 5.57 Å². The molecule has 2 aliphatic rings. The number of nitrogens with one attached hydrogen (secondary N) is 2. The Balaban J connectivity index is 1.50. The maximum atomic E-state index is 12.5. The van der Waals surface area contributed by atoms with E-state index in [0.717, 1.165) is 25.2 Å². The summed E-state index contributed by atoms with van der Waals surface area (Å²) >= 11 is 0. The summed E-state index contributed by atoms with van der Waals surface area (Å²) in [5.74, 6) is 1.17. The second kappa shape index (κ2) is 7.17. The summed E-state index contributed by atoms with van der Waals surface area (Å²) < 4.78 is 12.8. The molecule has 0 bridgehead atoms. The topological polar surface area (TPSA) is 90.3 Å². The molecule has 0 saturated carbocycles. The van der Waals surface area contributed by atoms with Crippen LogP contribution in [0.3, 0.4) is 0 Å². The van der Waals surface area contributed by atoms with Crippen LogP contribution in [0.4, 0.5) is 0 Å². The van der Waals surface area contributed by atoms with Gasteiger partial charge in [0.2, 0.25) is 0 Å². The Bertz CT molecular complexity index is 859. The minimum absolute atomic E-state index is 0.217. The third-order valence-corrected chi connectivity index (χ3v) is 4.51. The second-order valence-electron chi connectivity index (χ2n) is 6.26. The maximum Gasteiger partial charge on any atom is 0.274 e. The summed E-state index contributed by atoms with van der Waals surface area (Å²) in [7, 11) is 0. The minimum atomic E-state index is -0.217. The Morgan fingerprint density at radius 3 is 2.96 bits per heavy atom. The van der Waals surface area contributed by atoms with E-state index in [1.807, 2.05) is 25.1 Å². The molecule has 8 nitrogen and oxygen atoms in total. The van der Waals surface area contributed by atoms with Gasteiger partial charge in [0, 0.05) is 19.2 Å². The van der Waals surface area contributed by atoms with E-state index >= 15 is 0 Å². The zero-order valence-corrected chi connectivity index (χ0v) is 14.6. The molecule has 1 aromatic heterocycles. The van der Waals surface area contributed by atoms with Crippen molar-refractivity contribution in [1.82, 2.24) is 25.6 Å². The summed E-state index contributed by atoms with van der Waals surface area (Å²) in [6.07, 6.45) is 3.06. The fourth-order valence-electron chi connectivity index (χ4n) is 3.06. The molecule has 0 aliphatic carbocycles. The van der Waals surface area contributed by atoms with Crippen molar-refractivity contribution in [2.75, 3.05) is 32.8 Å². The van der Waals surface area contributed by atoms with Crippen LogP contribution in [0, 0.1) is 6.92 Å². The number of nitrogens with zero attached hydrogens (tertiary/aromatic N) is 3. The van der Waals surface area contributed by atoms with Gasteiger partial charge in [0.1, 0.15) is 13.2 Å². The zero-order chi connectivity index (χ0) is 17.9. The van der Waals surface area contributed by atoms with Crippen molar-refractivity contribution in [3.63, 3.8) is 0 Å². The molecular formula is C18H21N5O3. The number of aromatic nitrogens is 3. The molecular weight excluding hydrogens is 334 g/mol. The number of carbonyl (C=O) groups is 1. The summed E-state index contributed by atoms with van der Waals surface area (Å²) in [5.41, 5.74) is 3.02. The lowest BCUT2D eigenvalue weighted by molar-refractivity contribution is 0.0951. The van der Waals surface area contributed by atoms with Crippen molar-refractivity contribution in [3.05, 3.63) is 41.2 Å². The number of hydrogen-bond donors (Lipinski definition) is 2. The Labute approximate surface area is 151 Å². The highest BCUT2D eigenvalue weighted by atomic mass is 16.6. The van der Waals surface area contributed by atoms with Gasteiger partial charge in [-0.15, -0.1) is 5.10 Å². The third-order valence-electron chi connectivity index (χ3n) is 4.51. The molecule has 8 heteroatoms. The van der Waals surface area contributed by atoms with Gasteiger partial charge in [-0.1, -0.05) is 16.9 Å². The summed E-state index contributed by atoms with van der Waals surface area (Å²) in [5, 5.41) is 14.4. The average Bonchev–Trinajstić information content (AvgIpc) is 3.08. The minimum Gasteiger partial charge on any atom is -0.486 e. The highest BCUT2D eigenvalue weighted by molar-refractivity contribution is 5.93. The Morgan fingerprint density at radius 2 is 2.15 bits per heavy atom. The summed E-state index contributed by atoms with van der Waals surface area (Å²) in [6, 6.07) is 5.56. The second-order valence-corrected chi connectivity index (χ2v) is 6.26. The molecule has 0 saturated heterocycles. The zero-order valence-electron chi connectivity index (χ0n) is 14.6. The van der Waals surface area contributed by atoms with Gasteiger partial charge in [0.15, 0.2) is 17.2 Å². The molecule has 3 heterocycles. The molecule has 4 rings (SSSR count). The van der Waals surface area contributed by atoms with E-state index < -0.39 is 0 Å². The van der Waals surface area contributed by atoms with Crippen molar-refractivity contribution in [2.45, 2.75) is 13.3 Å². The number of ether oxygens (including phenoxy) is 2. The van der Waals surface area contributed by atoms with Crippen LogP contribution in [0.1, 0.15) is 22.6 Å². The van der Waals surface area contributed by atoms with Gasteiger partial charge < -0.3 is 20.1 Å². The van der Waals surface area contributed by atoms with Gasteiger partial charge in [-0.05, 0) is 32.0 Å². The fraction of sp³-hybridized carbons (Fsp3) is 0.389. The van der Waals surface area contributed by atoms with Crippen LogP contribution in [0.25, 0.3) is 5.69 Å². The molecule has 2 aromatic rings. The van der Waals surface area contributed by atoms with E-state index in [2.05, 4.69) is 27.0 Å². The lowest BCUT2D eigenvalue weighted by Crippen LogP contribution is -2.30. The molecule has 2 N–H and O–H groups in total. The third kappa shape index (κ3) is 3.28. The van der Waals surface area contributed by atoms with Crippen molar-refractivity contribution >= 4 is 5.91 Å². The number of fused-ring (bicyclic) bond motifs is 1. The molecule has 136 valence electrons. The predicted molar refractivity (Wildman–Crippen MR) is 95.0 cm³/mol. The molecule has 0 unspecified atom stereocenters. The van der Waals surface area contributed by atoms with Crippen LogP contribution >= 0.6 is 0 Å². The smallest absolute Gasteiger partial charge is 0.274 e. The van der Waals surface area contributed by atoms with Gasteiger partial charge in [-0.3, -0.25) is 4.79 Å². The van der Waals surface area contributed by atoms with Gasteiger partial charge >= 0.3 is 0 Å². The van der Waals surface area contributed by atoms with Gasteiger partial charge in [0.25, 0.3) is 5.91 Å². The van der Waals surface area contributed by atoms with Crippen LogP contribution in [0.5, 0.6) is 11.5 Å². The first kappa shape index (κ1) is 16.6. The molecule has 26 heavy (non-hydrogen) atoms. The first-order chi connectivity index (χ1) is 12.7. The molecule has 0 spiro atoms. The standard InChI is InChI=1S/C18H21N5O3/c1-12-17(18(24)20-11-13-4-6-19-7-5-13)21-22-23(12)14-2-3-15-16(10-14)26-9-8-25-15/h2-4,10,19H,5-9,11H2,1H3,(H,20,24). The van der Waals surface area contributed by atoms with E-state index in [-0.39, 0.29) is 5.91 Å². The van der Waals surface area contributed by atoms with Gasteiger partial charge in [-0.25, -0.2) is 4.68 Å². The van der Waals surface area contributed by atoms with Crippen LogP contribution in [-0.4, -0.2) is 53.7 Å². The van der Waals surface area contributed by atoms with Gasteiger partial charge in [-0.2, -0.15) is 0 Å². The number of hydrogen-bond acceptors (Lipinski definition) is 6. The number of benzene rings is 1. The quantitative estimate of drug-likeness (QED) is 0.795. The first-order valence-corrected chi connectivity index (χ1v) is 8.71.